The number of hydrogen-bond donors (Lipinski definition) is 1. The summed E-state index contributed by atoms with van der Waals surface area (Å²) in [7, 11) is 2.36. The predicted molar refractivity (Wildman–Crippen MR) is 114 cm³/mol. The molecule has 1 aliphatic heterocycles. The molecule has 0 radical (unpaired) electrons. The minimum atomic E-state index is 0. The zero-order valence-electron chi connectivity index (χ0n) is 17.4. The Kier molecular flexibility index (Phi) is 9.56. The van der Waals surface area contributed by atoms with Gasteiger partial charge < -0.3 is 43.2 Å². The van der Waals surface area contributed by atoms with E-state index in [9.17, 15) is 0 Å². The van der Waals surface area contributed by atoms with Crippen LogP contribution in [0.2, 0.25) is 0 Å². The summed E-state index contributed by atoms with van der Waals surface area (Å²) in [6.07, 6.45) is 2.64. The molecule has 0 saturated carbocycles. The van der Waals surface area contributed by atoms with Crippen molar-refractivity contribution < 1.29 is 48.5 Å². The highest BCUT2D eigenvalue weighted by molar-refractivity contribution is 5.39. The quantitative estimate of drug-likeness (QED) is 0.300. The summed E-state index contributed by atoms with van der Waals surface area (Å²) in [5.74, 6) is 0.975. The lowest BCUT2D eigenvalue weighted by Crippen LogP contribution is -3.00. The van der Waals surface area contributed by atoms with Crippen LogP contribution in [0.1, 0.15) is 18.4 Å². The average molecular weight is 534 g/mol. The Morgan fingerprint density at radius 3 is 2.10 bits per heavy atom. The Labute approximate surface area is 201 Å². The van der Waals surface area contributed by atoms with E-state index >= 15 is 0 Å². The molecule has 1 heterocycles. The molecule has 1 saturated heterocycles. The number of rotatable bonds is 6. The molecule has 3 nitrogen and oxygen atoms in total. The normalized spacial score (nSPS) is 20.5. The maximum atomic E-state index is 6.36. The van der Waals surface area contributed by atoms with Gasteiger partial charge in [-0.1, -0.05) is 48.5 Å². The van der Waals surface area contributed by atoms with E-state index in [1.54, 1.807) is 0 Å². The van der Waals surface area contributed by atoms with Gasteiger partial charge >= 0.3 is 0 Å². The Bertz CT molecular complexity index is 875. The molecule has 30 heavy (non-hydrogen) atoms. The van der Waals surface area contributed by atoms with Crippen LogP contribution in [0.3, 0.4) is 0 Å². The van der Waals surface area contributed by atoms with Crippen LogP contribution < -0.4 is 44.0 Å². The lowest BCUT2D eigenvalue weighted by Gasteiger charge is -2.41. The van der Waals surface area contributed by atoms with Crippen LogP contribution in [0.5, 0.6) is 5.75 Å². The van der Waals surface area contributed by atoms with Gasteiger partial charge in [-0.2, -0.15) is 0 Å². The number of ether oxygens (including phenoxy) is 1. The molecule has 2 atom stereocenters. The van der Waals surface area contributed by atoms with E-state index in [0.29, 0.717) is 0 Å². The minimum absolute atomic E-state index is 0. The van der Waals surface area contributed by atoms with Crippen molar-refractivity contribution in [3.05, 3.63) is 90.5 Å². The second-order valence-electron chi connectivity index (χ2n) is 8.18. The third kappa shape index (κ3) is 6.95. The molecule has 2 N–H and O–H groups in total. The standard InChI is InChI=1S/C25H29N2O.2BrH/c1-27(19-21-9-4-2-5-10-21)18-8-13-25(20-27)28-24-16-14-23(15-17-24)26-22-11-6-3-7-12-22;;/h2-7,9-12,14-17,25-26H,8,13,18-20H2,1H3;2*1H/q+1;;/p-1. The van der Waals surface area contributed by atoms with E-state index in [1.807, 2.05) is 6.07 Å². The van der Waals surface area contributed by atoms with Gasteiger partial charge in [0.2, 0.25) is 0 Å². The van der Waals surface area contributed by atoms with Crippen LogP contribution in [0, 0.1) is 0 Å². The molecule has 0 spiro atoms. The summed E-state index contributed by atoms with van der Waals surface area (Å²) in [6, 6.07) is 29.7. The summed E-state index contributed by atoms with van der Waals surface area (Å²) in [5, 5.41) is 2.19. The maximum absolute atomic E-state index is 6.36. The lowest BCUT2D eigenvalue weighted by molar-refractivity contribution is -0.929. The van der Waals surface area contributed by atoms with Gasteiger partial charge in [-0.25, -0.2) is 0 Å². The first-order valence-corrected chi connectivity index (χ1v) is 10.2. The number of likely N-dealkylation sites (tertiary alicyclic amines) is 1. The zero-order chi connectivity index (χ0) is 19.2. The summed E-state index contributed by atoms with van der Waals surface area (Å²) >= 11 is 0. The van der Waals surface area contributed by atoms with Gasteiger partial charge in [0.05, 0.1) is 13.6 Å². The number of quaternary nitrogens is 2. The van der Waals surface area contributed by atoms with Crippen LogP contribution in [0.25, 0.3) is 0 Å². The number of likely N-dealkylation sites (N-methyl/N-ethyl adjacent to an activating group) is 1. The molecule has 0 amide bonds. The monoisotopic (exact) mass is 532 g/mol. The summed E-state index contributed by atoms with van der Waals surface area (Å²) in [6.45, 7) is 3.36. The van der Waals surface area contributed by atoms with Crippen molar-refractivity contribution in [2.45, 2.75) is 25.5 Å². The molecule has 3 aromatic rings. The molecular weight excluding hydrogens is 504 g/mol. The topological polar surface area (TPSA) is 25.8 Å². The Balaban J connectivity index is 0.00000160. The maximum Gasteiger partial charge on any atom is 0.148 e. The third-order valence-corrected chi connectivity index (χ3v) is 5.59. The highest BCUT2D eigenvalue weighted by Crippen LogP contribution is 2.25. The van der Waals surface area contributed by atoms with Crippen molar-refractivity contribution in [3.63, 3.8) is 0 Å². The number of nitrogens with two attached hydrogens (primary N) is 1. The summed E-state index contributed by atoms with van der Waals surface area (Å²) < 4.78 is 7.41. The first-order valence-electron chi connectivity index (χ1n) is 10.2. The van der Waals surface area contributed by atoms with Gasteiger partial charge in [0, 0.05) is 24.1 Å². The molecule has 0 bridgehead atoms. The number of halogens is 2. The first kappa shape index (κ1) is 24.6. The largest absolute Gasteiger partial charge is 1.00 e. The second-order valence-corrected chi connectivity index (χ2v) is 8.18. The first-order chi connectivity index (χ1) is 13.7. The second kappa shape index (κ2) is 11.7. The Hall–Kier alpha value is -1.66. The van der Waals surface area contributed by atoms with Gasteiger partial charge in [0.25, 0.3) is 0 Å². The fourth-order valence-corrected chi connectivity index (χ4v) is 4.22. The molecule has 3 aromatic carbocycles. The van der Waals surface area contributed by atoms with E-state index in [1.165, 1.54) is 29.9 Å². The number of nitrogens with zero attached hydrogens (tertiary/aromatic N) is 1. The van der Waals surface area contributed by atoms with Crippen LogP contribution in [0.15, 0.2) is 84.9 Å². The highest BCUT2D eigenvalue weighted by atomic mass is 79.9. The lowest BCUT2D eigenvalue weighted by atomic mass is 10.0. The average Bonchev–Trinajstić information content (AvgIpc) is 2.71. The van der Waals surface area contributed by atoms with Crippen molar-refractivity contribution in [2.24, 2.45) is 0 Å². The summed E-state index contributed by atoms with van der Waals surface area (Å²) in [5.41, 5.74) is 3.83. The van der Waals surface area contributed by atoms with Crippen molar-refractivity contribution in [2.75, 3.05) is 20.1 Å². The number of hydrogen-bond acceptors (Lipinski definition) is 1. The Morgan fingerprint density at radius 1 is 0.833 bits per heavy atom. The smallest absolute Gasteiger partial charge is 0.148 e. The molecule has 1 fully saturated rings. The van der Waals surface area contributed by atoms with Crippen molar-refractivity contribution in [3.8, 4) is 5.75 Å². The van der Waals surface area contributed by atoms with Crippen LogP contribution in [-0.2, 0) is 6.54 Å². The molecule has 0 aromatic heterocycles. The van der Waals surface area contributed by atoms with E-state index in [0.717, 1.165) is 29.7 Å². The van der Waals surface area contributed by atoms with Gasteiger partial charge in [-0.05, 0) is 30.7 Å². The van der Waals surface area contributed by atoms with Gasteiger partial charge in [0.1, 0.15) is 36.3 Å². The van der Waals surface area contributed by atoms with E-state index in [-0.39, 0.29) is 40.1 Å². The predicted octanol–water partition coefficient (Wildman–Crippen LogP) is -1.59. The van der Waals surface area contributed by atoms with Crippen LogP contribution in [0.4, 0.5) is 11.4 Å². The molecule has 160 valence electrons. The molecule has 2 unspecified atom stereocenters. The zero-order valence-corrected chi connectivity index (χ0v) is 20.6. The number of piperidine rings is 1. The van der Waals surface area contributed by atoms with Crippen molar-refractivity contribution in [1.29, 1.82) is 0 Å². The van der Waals surface area contributed by atoms with Crippen LogP contribution in [-0.4, -0.2) is 30.7 Å². The number of para-hydroxylation sites is 1. The van der Waals surface area contributed by atoms with Gasteiger partial charge in [-0.3, -0.25) is 5.32 Å². The SMILES string of the molecule is C[N+]1(Cc2ccccc2)CCCC(Oc2ccc([NH2+]c3ccccc3)cc2)C1.[Br-].[Br-]. The van der Waals surface area contributed by atoms with E-state index in [2.05, 4.69) is 91.2 Å². The molecule has 1 aliphatic rings. The van der Waals surface area contributed by atoms with E-state index < -0.39 is 0 Å². The molecular formula is C25H30Br2N2O. The Morgan fingerprint density at radius 2 is 1.43 bits per heavy atom. The fraction of sp³-hybridized carbons (Fsp3) is 0.280. The highest BCUT2D eigenvalue weighted by Gasteiger charge is 2.32. The third-order valence-electron chi connectivity index (χ3n) is 5.59. The molecule has 0 aliphatic carbocycles. The van der Waals surface area contributed by atoms with Gasteiger partial charge in [0.15, 0.2) is 0 Å². The molecule has 5 heteroatoms. The molecule has 4 rings (SSSR count). The summed E-state index contributed by atoms with van der Waals surface area (Å²) in [4.78, 5) is 0. The van der Waals surface area contributed by atoms with Crippen molar-refractivity contribution >= 4 is 11.4 Å². The number of benzene rings is 3. The van der Waals surface area contributed by atoms with Crippen molar-refractivity contribution in [1.82, 2.24) is 0 Å². The fourth-order valence-electron chi connectivity index (χ4n) is 4.22. The minimum Gasteiger partial charge on any atom is -1.00 e. The van der Waals surface area contributed by atoms with Crippen LogP contribution >= 0.6 is 0 Å². The van der Waals surface area contributed by atoms with E-state index in [4.69, 9.17) is 4.74 Å². The van der Waals surface area contributed by atoms with Gasteiger partial charge in [-0.15, -0.1) is 0 Å².